The van der Waals surface area contributed by atoms with E-state index in [1.807, 2.05) is 42.5 Å². The number of para-hydroxylation sites is 1. The van der Waals surface area contributed by atoms with Gasteiger partial charge in [-0.2, -0.15) is 0 Å². The van der Waals surface area contributed by atoms with E-state index < -0.39 is 0 Å². The number of ether oxygens (including phenoxy) is 1. The monoisotopic (exact) mass is 339 g/mol. The number of hydrogen-bond donors (Lipinski definition) is 1. The molecule has 0 aliphatic heterocycles. The minimum absolute atomic E-state index is 0.172. The summed E-state index contributed by atoms with van der Waals surface area (Å²) in [5, 5.41) is 3.40. The van der Waals surface area contributed by atoms with E-state index in [0.29, 0.717) is 28.6 Å². The van der Waals surface area contributed by atoms with Crippen molar-refractivity contribution in [3.05, 3.63) is 89.2 Å². The predicted molar refractivity (Wildman–Crippen MR) is 93.2 cm³/mol. The number of hydrogen-bond acceptors (Lipinski definition) is 2. The maximum absolute atomic E-state index is 12.3. The van der Waals surface area contributed by atoms with Crippen molar-refractivity contribution in [2.45, 2.75) is 6.61 Å². The summed E-state index contributed by atoms with van der Waals surface area (Å²) in [5.41, 5.74) is 2.17. The average Bonchev–Trinajstić information content (AvgIpc) is 2.62. The molecular formula is C19H16ClN2O2+. The molecule has 24 heavy (non-hydrogen) atoms. The summed E-state index contributed by atoms with van der Waals surface area (Å²) < 4.78 is 5.71. The van der Waals surface area contributed by atoms with E-state index in [-0.39, 0.29) is 5.91 Å². The number of anilines is 1. The van der Waals surface area contributed by atoms with Crippen LogP contribution in [-0.2, 0) is 6.61 Å². The molecule has 120 valence electrons. The Hall–Kier alpha value is -2.85. The fourth-order valence-electron chi connectivity index (χ4n) is 2.20. The molecule has 0 spiro atoms. The second-order valence-corrected chi connectivity index (χ2v) is 5.57. The van der Waals surface area contributed by atoms with E-state index in [4.69, 9.17) is 16.3 Å². The van der Waals surface area contributed by atoms with Crippen molar-refractivity contribution in [1.82, 2.24) is 0 Å². The fraction of sp³-hybridized carbons (Fsp3) is 0.0526. The van der Waals surface area contributed by atoms with Crippen molar-refractivity contribution >= 4 is 23.2 Å². The molecule has 0 aliphatic carbocycles. The zero-order valence-electron chi connectivity index (χ0n) is 12.8. The number of H-pyrrole nitrogens is 1. The first-order valence-corrected chi connectivity index (χ1v) is 7.84. The molecule has 2 N–H and O–H groups in total. The molecule has 2 aromatic carbocycles. The van der Waals surface area contributed by atoms with Gasteiger partial charge in [-0.3, -0.25) is 4.79 Å². The molecule has 0 atom stereocenters. The molecule has 0 saturated heterocycles. The Morgan fingerprint density at radius 3 is 2.75 bits per heavy atom. The highest BCUT2D eigenvalue weighted by Crippen LogP contribution is 2.24. The molecule has 0 fully saturated rings. The van der Waals surface area contributed by atoms with Gasteiger partial charge in [-0.25, -0.2) is 4.98 Å². The summed E-state index contributed by atoms with van der Waals surface area (Å²) in [5.74, 6) is 0.447. The van der Waals surface area contributed by atoms with Gasteiger partial charge in [0.1, 0.15) is 18.0 Å². The van der Waals surface area contributed by atoms with Crippen LogP contribution in [0.25, 0.3) is 0 Å². The Morgan fingerprint density at radius 2 is 1.96 bits per heavy atom. The molecule has 4 nitrogen and oxygen atoms in total. The van der Waals surface area contributed by atoms with Gasteiger partial charge in [0.15, 0.2) is 12.4 Å². The van der Waals surface area contributed by atoms with Gasteiger partial charge < -0.3 is 10.1 Å². The van der Waals surface area contributed by atoms with Crippen molar-refractivity contribution in [1.29, 1.82) is 0 Å². The normalized spacial score (nSPS) is 10.2. The van der Waals surface area contributed by atoms with Gasteiger partial charge in [-0.15, -0.1) is 0 Å². The summed E-state index contributed by atoms with van der Waals surface area (Å²) in [7, 11) is 0. The van der Waals surface area contributed by atoms with Crippen molar-refractivity contribution in [2.24, 2.45) is 0 Å². The Kier molecular flexibility index (Phi) is 5.08. The lowest BCUT2D eigenvalue weighted by Gasteiger charge is -2.09. The first-order chi connectivity index (χ1) is 11.7. The van der Waals surface area contributed by atoms with Crippen LogP contribution in [0.3, 0.4) is 0 Å². The molecule has 0 bridgehead atoms. The lowest BCUT2D eigenvalue weighted by Crippen LogP contribution is -2.14. The molecule has 0 aliphatic rings. The maximum Gasteiger partial charge on any atom is 0.255 e. The van der Waals surface area contributed by atoms with E-state index in [9.17, 15) is 4.79 Å². The Labute approximate surface area is 145 Å². The van der Waals surface area contributed by atoms with Crippen molar-refractivity contribution < 1.29 is 14.5 Å². The van der Waals surface area contributed by atoms with Gasteiger partial charge in [-0.05, 0) is 35.9 Å². The number of benzene rings is 2. The summed E-state index contributed by atoms with van der Waals surface area (Å²) in [6.45, 7) is 0.337. The second-order valence-electron chi connectivity index (χ2n) is 5.17. The molecule has 1 heterocycles. The highest BCUT2D eigenvalue weighted by atomic mass is 35.5. The van der Waals surface area contributed by atoms with Gasteiger partial charge in [0.05, 0.1) is 5.02 Å². The van der Waals surface area contributed by atoms with Crippen LogP contribution in [0.2, 0.25) is 5.02 Å². The highest BCUT2D eigenvalue weighted by molar-refractivity contribution is 6.32. The van der Waals surface area contributed by atoms with Gasteiger partial charge in [0, 0.05) is 11.6 Å². The van der Waals surface area contributed by atoms with Crippen LogP contribution >= 0.6 is 11.6 Å². The second kappa shape index (κ2) is 7.62. The standard InChI is InChI=1S/C19H15ClN2O2/c20-17-8-1-2-9-18(17)24-13-14-5-3-6-15(11-14)19(23)22-16-7-4-10-21-12-16/h1-12H,13H2,(H,22,23)/p+1. The molecule has 3 rings (SSSR count). The molecule has 1 amide bonds. The number of carbonyl (C=O) groups excluding carboxylic acids is 1. The number of carbonyl (C=O) groups is 1. The maximum atomic E-state index is 12.3. The number of nitrogens with one attached hydrogen (secondary N) is 2. The Bertz CT molecular complexity index is 838. The number of pyridine rings is 1. The van der Waals surface area contributed by atoms with Gasteiger partial charge in [0.2, 0.25) is 0 Å². The largest absolute Gasteiger partial charge is 0.487 e. The number of aromatic nitrogens is 1. The number of halogens is 1. The summed E-state index contributed by atoms with van der Waals surface area (Å²) in [4.78, 5) is 15.2. The molecule has 0 saturated carbocycles. The lowest BCUT2D eigenvalue weighted by atomic mass is 10.1. The van der Waals surface area contributed by atoms with Crippen molar-refractivity contribution in [2.75, 3.05) is 5.32 Å². The third kappa shape index (κ3) is 4.12. The zero-order chi connectivity index (χ0) is 16.8. The number of aromatic amines is 1. The summed E-state index contributed by atoms with van der Waals surface area (Å²) in [6.07, 6.45) is 3.50. The van der Waals surface area contributed by atoms with Gasteiger partial charge >= 0.3 is 0 Å². The van der Waals surface area contributed by atoms with Crippen LogP contribution in [0.4, 0.5) is 5.69 Å². The van der Waals surface area contributed by atoms with Crippen LogP contribution in [0.15, 0.2) is 73.1 Å². The van der Waals surface area contributed by atoms with E-state index in [2.05, 4.69) is 10.3 Å². The molecule has 3 aromatic rings. The SMILES string of the molecule is O=C(Nc1ccc[nH+]c1)c1cccc(COc2ccccc2Cl)c1. The van der Waals surface area contributed by atoms with Crippen LogP contribution in [0.1, 0.15) is 15.9 Å². The number of rotatable bonds is 5. The topological polar surface area (TPSA) is 52.5 Å². The van der Waals surface area contributed by atoms with E-state index in [0.717, 1.165) is 5.56 Å². The molecule has 1 aromatic heterocycles. The molecule has 0 unspecified atom stereocenters. The predicted octanol–water partition coefficient (Wildman–Crippen LogP) is 3.99. The third-order valence-electron chi connectivity index (χ3n) is 3.39. The fourth-order valence-corrected chi connectivity index (χ4v) is 2.39. The minimum atomic E-state index is -0.172. The Balaban J connectivity index is 1.68. The highest BCUT2D eigenvalue weighted by Gasteiger charge is 2.08. The Morgan fingerprint density at radius 1 is 1.08 bits per heavy atom. The van der Waals surface area contributed by atoms with Gasteiger partial charge in [0.25, 0.3) is 5.91 Å². The van der Waals surface area contributed by atoms with Gasteiger partial charge in [-0.1, -0.05) is 35.9 Å². The van der Waals surface area contributed by atoms with Crippen molar-refractivity contribution in [3.8, 4) is 5.75 Å². The average molecular weight is 340 g/mol. The first kappa shape index (κ1) is 16.0. The van der Waals surface area contributed by atoms with Crippen LogP contribution in [0.5, 0.6) is 5.75 Å². The smallest absolute Gasteiger partial charge is 0.255 e. The molecular weight excluding hydrogens is 324 g/mol. The van der Waals surface area contributed by atoms with E-state index >= 15 is 0 Å². The van der Waals surface area contributed by atoms with Crippen LogP contribution < -0.4 is 15.0 Å². The van der Waals surface area contributed by atoms with Crippen LogP contribution in [0, 0.1) is 0 Å². The molecule has 0 radical (unpaired) electrons. The minimum Gasteiger partial charge on any atom is -0.487 e. The van der Waals surface area contributed by atoms with E-state index in [1.54, 1.807) is 30.6 Å². The van der Waals surface area contributed by atoms with Crippen molar-refractivity contribution in [3.63, 3.8) is 0 Å². The zero-order valence-corrected chi connectivity index (χ0v) is 13.6. The molecule has 5 heteroatoms. The van der Waals surface area contributed by atoms with E-state index in [1.165, 1.54) is 0 Å². The lowest BCUT2D eigenvalue weighted by molar-refractivity contribution is -0.377. The summed E-state index contributed by atoms with van der Waals surface area (Å²) >= 11 is 6.07. The number of amides is 1. The summed E-state index contributed by atoms with van der Waals surface area (Å²) in [6, 6.07) is 18.2. The van der Waals surface area contributed by atoms with Crippen LogP contribution in [-0.4, -0.2) is 5.91 Å². The third-order valence-corrected chi connectivity index (χ3v) is 3.70. The quantitative estimate of drug-likeness (QED) is 0.764. The first-order valence-electron chi connectivity index (χ1n) is 7.46.